The second kappa shape index (κ2) is 5.65. The molecule has 3 N–H and O–H groups in total. The van der Waals surface area contributed by atoms with Crippen LogP contribution in [-0.4, -0.2) is 34.7 Å². The fourth-order valence-electron chi connectivity index (χ4n) is 1.27. The maximum atomic E-state index is 11.7. The number of hydrogen-bond donors (Lipinski definition) is 3. The quantitative estimate of drug-likeness (QED) is 0.745. The summed E-state index contributed by atoms with van der Waals surface area (Å²) in [6.45, 7) is 0.993. The fourth-order valence-corrected chi connectivity index (χ4v) is 1.45. The number of hydrogen-bond acceptors (Lipinski definition) is 3. The van der Waals surface area contributed by atoms with E-state index in [1.54, 1.807) is 19.1 Å². The molecule has 0 aliphatic rings. The van der Waals surface area contributed by atoms with Crippen molar-refractivity contribution in [1.29, 1.82) is 0 Å². The van der Waals surface area contributed by atoms with Crippen molar-refractivity contribution in [2.45, 2.75) is 13.0 Å². The molecule has 0 fully saturated rings. The predicted molar refractivity (Wildman–Crippen MR) is 62.2 cm³/mol. The number of aliphatic carboxylic acids is 1. The van der Waals surface area contributed by atoms with Crippen LogP contribution in [0.15, 0.2) is 18.2 Å². The first-order chi connectivity index (χ1) is 7.97. The van der Waals surface area contributed by atoms with Gasteiger partial charge in [0.2, 0.25) is 0 Å². The Kier molecular flexibility index (Phi) is 4.48. The van der Waals surface area contributed by atoms with Crippen LogP contribution in [0.2, 0.25) is 5.02 Å². The second-order valence-electron chi connectivity index (χ2n) is 3.46. The third kappa shape index (κ3) is 3.18. The van der Waals surface area contributed by atoms with E-state index in [9.17, 15) is 9.59 Å². The summed E-state index contributed by atoms with van der Waals surface area (Å²) in [5.74, 6) is -1.87. The SMILES string of the molecule is Cc1c(Cl)cccc1C(=O)NC(CO)C(=O)O. The van der Waals surface area contributed by atoms with Crippen LogP contribution in [0.25, 0.3) is 0 Å². The molecule has 0 saturated heterocycles. The molecule has 92 valence electrons. The van der Waals surface area contributed by atoms with Gasteiger partial charge in [0.05, 0.1) is 6.61 Å². The van der Waals surface area contributed by atoms with E-state index >= 15 is 0 Å². The first-order valence-electron chi connectivity index (χ1n) is 4.87. The van der Waals surface area contributed by atoms with E-state index in [0.29, 0.717) is 10.6 Å². The van der Waals surface area contributed by atoms with E-state index in [2.05, 4.69) is 5.32 Å². The largest absolute Gasteiger partial charge is 0.480 e. The molecule has 0 aliphatic heterocycles. The first kappa shape index (κ1) is 13.5. The van der Waals surface area contributed by atoms with Gasteiger partial charge in [-0.15, -0.1) is 0 Å². The first-order valence-corrected chi connectivity index (χ1v) is 5.24. The van der Waals surface area contributed by atoms with Crippen molar-refractivity contribution in [3.05, 3.63) is 34.3 Å². The minimum absolute atomic E-state index is 0.289. The molecular formula is C11H12ClNO4. The number of carboxylic acid groups (broad SMARTS) is 1. The van der Waals surface area contributed by atoms with Crippen LogP contribution in [0.5, 0.6) is 0 Å². The summed E-state index contributed by atoms with van der Waals surface area (Å²) in [6.07, 6.45) is 0. The lowest BCUT2D eigenvalue weighted by atomic mass is 10.1. The summed E-state index contributed by atoms with van der Waals surface area (Å²) < 4.78 is 0. The number of carbonyl (C=O) groups is 2. The highest BCUT2D eigenvalue weighted by Gasteiger charge is 2.20. The molecule has 0 heterocycles. The summed E-state index contributed by atoms with van der Waals surface area (Å²) >= 11 is 5.85. The Morgan fingerprint density at radius 1 is 1.47 bits per heavy atom. The number of nitrogens with one attached hydrogen (secondary N) is 1. The highest BCUT2D eigenvalue weighted by Crippen LogP contribution is 2.18. The molecule has 1 rings (SSSR count). The zero-order chi connectivity index (χ0) is 13.0. The van der Waals surface area contributed by atoms with Gasteiger partial charge in [0, 0.05) is 10.6 Å². The van der Waals surface area contributed by atoms with E-state index in [1.165, 1.54) is 6.07 Å². The molecule has 0 aliphatic carbocycles. The maximum Gasteiger partial charge on any atom is 0.328 e. The van der Waals surface area contributed by atoms with Crippen molar-refractivity contribution in [2.24, 2.45) is 0 Å². The number of halogens is 1. The minimum atomic E-state index is -1.32. The third-order valence-electron chi connectivity index (χ3n) is 2.30. The van der Waals surface area contributed by atoms with E-state index in [4.69, 9.17) is 21.8 Å². The molecule has 1 aromatic rings. The van der Waals surface area contributed by atoms with Crippen LogP contribution < -0.4 is 5.32 Å². The zero-order valence-corrected chi connectivity index (χ0v) is 9.86. The van der Waals surface area contributed by atoms with Gasteiger partial charge in [-0.3, -0.25) is 4.79 Å². The van der Waals surface area contributed by atoms with E-state index in [-0.39, 0.29) is 5.56 Å². The third-order valence-corrected chi connectivity index (χ3v) is 2.71. The molecule has 0 bridgehead atoms. The number of amides is 1. The second-order valence-corrected chi connectivity index (χ2v) is 3.87. The number of rotatable bonds is 4. The topological polar surface area (TPSA) is 86.6 Å². The molecule has 0 radical (unpaired) electrons. The summed E-state index contributed by atoms with van der Waals surface area (Å²) in [7, 11) is 0. The smallest absolute Gasteiger partial charge is 0.328 e. The number of aliphatic hydroxyl groups is 1. The zero-order valence-electron chi connectivity index (χ0n) is 9.11. The van der Waals surface area contributed by atoms with Crippen molar-refractivity contribution in [3.63, 3.8) is 0 Å². The van der Waals surface area contributed by atoms with Gasteiger partial charge in [0.25, 0.3) is 5.91 Å². The van der Waals surface area contributed by atoms with Gasteiger partial charge in [-0.05, 0) is 24.6 Å². The molecule has 1 unspecified atom stereocenters. The summed E-state index contributed by atoms with van der Waals surface area (Å²) in [5, 5.41) is 20.1. The molecule has 5 nitrogen and oxygen atoms in total. The van der Waals surface area contributed by atoms with E-state index < -0.39 is 24.5 Å². The lowest BCUT2D eigenvalue weighted by molar-refractivity contribution is -0.140. The number of aliphatic hydroxyl groups excluding tert-OH is 1. The van der Waals surface area contributed by atoms with Gasteiger partial charge in [0.15, 0.2) is 6.04 Å². The van der Waals surface area contributed by atoms with Crippen LogP contribution in [0.4, 0.5) is 0 Å². The summed E-state index contributed by atoms with van der Waals surface area (Å²) in [6, 6.07) is 3.45. The molecular weight excluding hydrogens is 246 g/mol. The normalized spacial score (nSPS) is 11.9. The van der Waals surface area contributed by atoms with Gasteiger partial charge >= 0.3 is 5.97 Å². The maximum absolute atomic E-state index is 11.7. The molecule has 1 atom stereocenters. The van der Waals surface area contributed by atoms with Gasteiger partial charge in [0.1, 0.15) is 0 Å². The number of carboxylic acids is 1. The highest BCUT2D eigenvalue weighted by atomic mass is 35.5. The molecule has 17 heavy (non-hydrogen) atoms. The van der Waals surface area contributed by atoms with Crippen LogP contribution in [0.3, 0.4) is 0 Å². The average molecular weight is 258 g/mol. The Bertz CT molecular complexity index is 447. The summed E-state index contributed by atoms with van der Waals surface area (Å²) in [4.78, 5) is 22.4. The van der Waals surface area contributed by atoms with Crippen molar-refractivity contribution < 1.29 is 19.8 Å². The van der Waals surface area contributed by atoms with Crippen LogP contribution in [-0.2, 0) is 4.79 Å². The molecule has 0 saturated carbocycles. The molecule has 1 amide bonds. The van der Waals surface area contributed by atoms with Crippen molar-refractivity contribution in [3.8, 4) is 0 Å². The van der Waals surface area contributed by atoms with Gasteiger partial charge in [-0.25, -0.2) is 4.79 Å². The number of carbonyl (C=O) groups excluding carboxylic acids is 1. The highest BCUT2D eigenvalue weighted by molar-refractivity contribution is 6.31. The average Bonchev–Trinajstić information content (AvgIpc) is 2.28. The lowest BCUT2D eigenvalue weighted by Crippen LogP contribution is -2.43. The van der Waals surface area contributed by atoms with Gasteiger partial charge in [-0.2, -0.15) is 0 Å². The van der Waals surface area contributed by atoms with Crippen LogP contribution in [0.1, 0.15) is 15.9 Å². The number of benzene rings is 1. The Morgan fingerprint density at radius 2 is 2.12 bits per heavy atom. The van der Waals surface area contributed by atoms with Crippen LogP contribution >= 0.6 is 11.6 Å². The predicted octanol–water partition coefficient (Wildman–Crippen LogP) is 0.824. The van der Waals surface area contributed by atoms with E-state index in [1.807, 2.05) is 0 Å². The Balaban J connectivity index is 2.90. The van der Waals surface area contributed by atoms with Crippen molar-refractivity contribution >= 4 is 23.5 Å². The Labute approximate surface area is 103 Å². The van der Waals surface area contributed by atoms with Crippen molar-refractivity contribution in [2.75, 3.05) is 6.61 Å². The van der Waals surface area contributed by atoms with E-state index in [0.717, 1.165) is 0 Å². The Morgan fingerprint density at radius 3 is 2.65 bits per heavy atom. The molecule has 0 aromatic heterocycles. The monoisotopic (exact) mass is 257 g/mol. The van der Waals surface area contributed by atoms with Crippen molar-refractivity contribution in [1.82, 2.24) is 5.32 Å². The van der Waals surface area contributed by atoms with Gasteiger partial charge in [-0.1, -0.05) is 17.7 Å². The fraction of sp³-hybridized carbons (Fsp3) is 0.273. The minimum Gasteiger partial charge on any atom is -0.480 e. The Hall–Kier alpha value is -1.59. The molecule has 0 spiro atoms. The van der Waals surface area contributed by atoms with Gasteiger partial charge < -0.3 is 15.5 Å². The molecule has 6 heteroatoms. The summed E-state index contributed by atoms with van der Waals surface area (Å²) in [5.41, 5.74) is 0.853. The standard InChI is InChI=1S/C11H12ClNO4/c1-6-7(3-2-4-8(6)12)10(15)13-9(5-14)11(16)17/h2-4,9,14H,5H2,1H3,(H,13,15)(H,16,17). The lowest BCUT2D eigenvalue weighted by Gasteiger charge is -2.13. The van der Waals surface area contributed by atoms with Crippen LogP contribution in [0, 0.1) is 6.92 Å². The molecule has 1 aromatic carbocycles.